The van der Waals surface area contributed by atoms with Gasteiger partial charge in [-0.2, -0.15) is 0 Å². The van der Waals surface area contributed by atoms with Crippen LogP contribution in [-0.2, 0) is 14.3 Å². The topological polar surface area (TPSA) is 43.4 Å². The number of rotatable bonds is 5. The summed E-state index contributed by atoms with van der Waals surface area (Å²) in [4.78, 5) is 19.8. The standard InChI is InChI=1S/C7H11O3/c1-7(9)10-6-4-2-3-5-8/h2-4,6H2,1H3. The van der Waals surface area contributed by atoms with E-state index in [2.05, 4.69) is 4.74 Å². The van der Waals surface area contributed by atoms with Crippen molar-refractivity contribution in [3.63, 3.8) is 0 Å². The van der Waals surface area contributed by atoms with Crippen LogP contribution in [0.15, 0.2) is 0 Å². The second kappa shape index (κ2) is 6.26. The van der Waals surface area contributed by atoms with E-state index in [4.69, 9.17) is 0 Å². The van der Waals surface area contributed by atoms with Crippen molar-refractivity contribution in [1.82, 2.24) is 0 Å². The van der Waals surface area contributed by atoms with Gasteiger partial charge in [0.15, 0.2) is 6.29 Å². The van der Waals surface area contributed by atoms with Crippen LogP contribution in [0.25, 0.3) is 0 Å². The van der Waals surface area contributed by atoms with E-state index >= 15 is 0 Å². The molecule has 0 bridgehead atoms. The molecule has 0 aromatic heterocycles. The Labute approximate surface area is 60.4 Å². The first-order valence-corrected chi connectivity index (χ1v) is 3.25. The van der Waals surface area contributed by atoms with Crippen molar-refractivity contribution in [1.29, 1.82) is 0 Å². The van der Waals surface area contributed by atoms with Crippen LogP contribution in [0.1, 0.15) is 26.2 Å². The first-order chi connectivity index (χ1) is 4.77. The maximum absolute atomic E-state index is 10.2. The minimum atomic E-state index is -0.268. The molecule has 0 N–H and O–H groups in total. The van der Waals surface area contributed by atoms with Crippen LogP contribution in [-0.4, -0.2) is 18.9 Å². The maximum Gasteiger partial charge on any atom is 0.302 e. The number of carbonyl (C=O) groups excluding carboxylic acids is 2. The Balaban J connectivity index is 2.90. The Morgan fingerprint density at radius 3 is 2.70 bits per heavy atom. The number of ether oxygens (including phenoxy) is 1. The predicted octanol–water partition coefficient (Wildman–Crippen LogP) is 0.830. The summed E-state index contributed by atoms with van der Waals surface area (Å²) >= 11 is 0. The van der Waals surface area contributed by atoms with Crippen molar-refractivity contribution < 1.29 is 14.3 Å². The summed E-state index contributed by atoms with van der Waals surface area (Å²) in [6.45, 7) is 1.78. The van der Waals surface area contributed by atoms with Gasteiger partial charge in [-0.25, -0.2) is 0 Å². The molecule has 0 unspecified atom stereocenters. The van der Waals surface area contributed by atoms with Gasteiger partial charge in [-0.1, -0.05) is 0 Å². The van der Waals surface area contributed by atoms with Gasteiger partial charge in [-0.3, -0.25) is 9.59 Å². The SMILES string of the molecule is CC(=O)OCCCC[C]=O. The number of hydrogen-bond acceptors (Lipinski definition) is 3. The van der Waals surface area contributed by atoms with E-state index in [1.165, 1.54) is 6.92 Å². The zero-order chi connectivity index (χ0) is 7.82. The third-order valence-electron chi connectivity index (χ3n) is 0.979. The predicted molar refractivity (Wildman–Crippen MR) is 36.2 cm³/mol. The average Bonchev–Trinajstić information content (AvgIpc) is 1.87. The Hall–Kier alpha value is -0.860. The summed E-state index contributed by atoms with van der Waals surface area (Å²) in [6, 6.07) is 0. The van der Waals surface area contributed by atoms with E-state index in [0.29, 0.717) is 13.0 Å². The van der Waals surface area contributed by atoms with E-state index in [0.717, 1.165) is 12.8 Å². The molecule has 0 aromatic rings. The number of esters is 1. The highest BCUT2D eigenvalue weighted by Gasteiger charge is 1.91. The van der Waals surface area contributed by atoms with Gasteiger partial charge in [-0.15, -0.1) is 0 Å². The van der Waals surface area contributed by atoms with Gasteiger partial charge in [0.1, 0.15) is 0 Å². The van der Waals surface area contributed by atoms with E-state index in [1.807, 2.05) is 0 Å². The highest BCUT2D eigenvalue weighted by Crippen LogP contribution is 1.92. The molecule has 0 saturated carbocycles. The summed E-state index contributed by atoms with van der Waals surface area (Å²) < 4.78 is 4.62. The lowest BCUT2D eigenvalue weighted by Crippen LogP contribution is -2.00. The second-order valence-corrected chi connectivity index (χ2v) is 1.94. The highest BCUT2D eigenvalue weighted by atomic mass is 16.5. The van der Waals surface area contributed by atoms with Gasteiger partial charge in [0, 0.05) is 13.3 Å². The molecule has 0 spiro atoms. The molecular weight excluding hydrogens is 132 g/mol. The molecule has 0 amide bonds. The van der Waals surface area contributed by atoms with Crippen LogP contribution < -0.4 is 0 Å². The summed E-state index contributed by atoms with van der Waals surface area (Å²) in [5.41, 5.74) is 0. The van der Waals surface area contributed by atoms with Crippen molar-refractivity contribution in [3.8, 4) is 0 Å². The lowest BCUT2D eigenvalue weighted by Gasteiger charge is -1.97. The molecule has 57 valence electrons. The van der Waals surface area contributed by atoms with Crippen molar-refractivity contribution in [3.05, 3.63) is 0 Å². The Morgan fingerprint density at radius 2 is 2.20 bits per heavy atom. The van der Waals surface area contributed by atoms with Gasteiger partial charge in [-0.05, 0) is 12.8 Å². The lowest BCUT2D eigenvalue weighted by atomic mass is 10.3. The zero-order valence-corrected chi connectivity index (χ0v) is 6.05. The molecule has 0 aromatic carbocycles. The molecule has 10 heavy (non-hydrogen) atoms. The van der Waals surface area contributed by atoms with Crippen LogP contribution in [0.2, 0.25) is 0 Å². The monoisotopic (exact) mass is 143 g/mol. The second-order valence-electron chi connectivity index (χ2n) is 1.94. The van der Waals surface area contributed by atoms with E-state index in [-0.39, 0.29) is 5.97 Å². The minimum Gasteiger partial charge on any atom is -0.466 e. The van der Waals surface area contributed by atoms with Crippen LogP contribution in [0.4, 0.5) is 0 Å². The summed E-state index contributed by atoms with van der Waals surface area (Å²) in [5, 5.41) is 0. The van der Waals surface area contributed by atoms with Gasteiger partial charge in [0.25, 0.3) is 0 Å². The molecule has 1 radical (unpaired) electrons. The first kappa shape index (κ1) is 9.14. The Kier molecular flexibility index (Phi) is 5.72. The smallest absolute Gasteiger partial charge is 0.302 e. The first-order valence-electron chi connectivity index (χ1n) is 3.25. The molecule has 0 atom stereocenters. The molecule has 0 aliphatic heterocycles. The quantitative estimate of drug-likeness (QED) is 0.423. The van der Waals surface area contributed by atoms with Crippen LogP contribution in [0.5, 0.6) is 0 Å². The summed E-state index contributed by atoms with van der Waals surface area (Å²) in [7, 11) is 0. The summed E-state index contributed by atoms with van der Waals surface area (Å²) in [5.74, 6) is -0.268. The van der Waals surface area contributed by atoms with Crippen molar-refractivity contribution in [2.75, 3.05) is 6.61 Å². The van der Waals surface area contributed by atoms with Gasteiger partial charge in [0.05, 0.1) is 6.61 Å². The van der Waals surface area contributed by atoms with E-state index in [9.17, 15) is 9.59 Å². The maximum atomic E-state index is 10.2. The van der Waals surface area contributed by atoms with E-state index < -0.39 is 0 Å². The van der Waals surface area contributed by atoms with Crippen LogP contribution >= 0.6 is 0 Å². The highest BCUT2D eigenvalue weighted by molar-refractivity contribution is 5.65. The molecule has 3 heteroatoms. The molecular formula is C7H11O3. The third-order valence-corrected chi connectivity index (χ3v) is 0.979. The van der Waals surface area contributed by atoms with Crippen LogP contribution in [0, 0.1) is 0 Å². The van der Waals surface area contributed by atoms with Gasteiger partial charge in [0.2, 0.25) is 0 Å². The fourth-order valence-electron chi connectivity index (χ4n) is 0.515. The number of hydrogen-bond donors (Lipinski definition) is 0. The number of carbonyl (C=O) groups is 1. The van der Waals surface area contributed by atoms with Crippen molar-refractivity contribution in [2.45, 2.75) is 26.2 Å². The Bertz CT molecular complexity index is 109. The average molecular weight is 143 g/mol. The molecule has 0 heterocycles. The van der Waals surface area contributed by atoms with Gasteiger partial charge < -0.3 is 4.74 Å². The van der Waals surface area contributed by atoms with Crippen molar-refractivity contribution in [2.24, 2.45) is 0 Å². The molecule has 0 fully saturated rings. The molecule has 0 rings (SSSR count). The Morgan fingerprint density at radius 1 is 1.50 bits per heavy atom. The van der Waals surface area contributed by atoms with Crippen molar-refractivity contribution >= 4 is 12.3 Å². The molecule has 0 aliphatic rings. The molecule has 0 aliphatic carbocycles. The number of unbranched alkanes of at least 4 members (excludes halogenated alkanes) is 2. The molecule has 0 saturated heterocycles. The minimum absolute atomic E-state index is 0.268. The van der Waals surface area contributed by atoms with Gasteiger partial charge >= 0.3 is 5.97 Å². The van der Waals surface area contributed by atoms with E-state index in [1.54, 1.807) is 6.29 Å². The normalized spacial score (nSPS) is 8.90. The largest absolute Gasteiger partial charge is 0.466 e. The fourth-order valence-corrected chi connectivity index (χ4v) is 0.515. The van der Waals surface area contributed by atoms with Crippen LogP contribution in [0.3, 0.4) is 0 Å². The lowest BCUT2D eigenvalue weighted by molar-refractivity contribution is -0.141. The summed E-state index contributed by atoms with van der Waals surface area (Å²) in [6.07, 6.45) is 3.69. The fraction of sp³-hybridized carbons (Fsp3) is 0.714. The third kappa shape index (κ3) is 7.14. The zero-order valence-electron chi connectivity index (χ0n) is 6.05. The molecule has 3 nitrogen and oxygen atoms in total.